The lowest BCUT2D eigenvalue weighted by Crippen LogP contribution is -2.40. The fourth-order valence-corrected chi connectivity index (χ4v) is 2.90. The Kier molecular flexibility index (Phi) is 3.31. The summed E-state index contributed by atoms with van der Waals surface area (Å²) in [5, 5.41) is 4.06. The number of rotatable bonds is 5. The van der Waals surface area contributed by atoms with Gasteiger partial charge in [0.1, 0.15) is 6.61 Å². The first-order chi connectivity index (χ1) is 8.42. The van der Waals surface area contributed by atoms with Crippen molar-refractivity contribution >= 4 is 0 Å². The molecule has 1 aromatic rings. The van der Waals surface area contributed by atoms with E-state index in [4.69, 9.17) is 4.84 Å². The summed E-state index contributed by atoms with van der Waals surface area (Å²) in [6.45, 7) is 4.72. The molecule has 2 fully saturated rings. The third-order valence-electron chi connectivity index (χ3n) is 4.17. The van der Waals surface area contributed by atoms with E-state index in [0.717, 1.165) is 18.4 Å². The summed E-state index contributed by atoms with van der Waals surface area (Å²) in [5.74, 6) is 1.59. The van der Waals surface area contributed by atoms with E-state index in [0.29, 0.717) is 0 Å². The highest BCUT2D eigenvalue weighted by atomic mass is 16.7. The third-order valence-corrected chi connectivity index (χ3v) is 4.17. The molecule has 1 saturated heterocycles. The predicted molar refractivity (Wildman–Crippen MR) is 65.6 cm³/mol. The molecule has 94 valence electrons. The Hall–Kier alpha value is -1.03. The van der Waals surface area contributed by atoms with Crippen molar-refractivity contribution in [3.8, 4) is 0 Å². The van der Waals surface area contributed by atoms with Gasteiger partial charge in [0.15, 0.2) is 0 Å². The summed E-state index contributed by atoms with van der Waals surface area (Å²) in [5.41, 5.74) is 0. The highest BCUT2D eigenvalue weighted by Crippen LogP contribution is 2.35. The maximum Gasteiger partial charge on any atom is 0.120 e. The molecule has 17 heavy (non-hydrogen) atoms. The number of hydrogen-bond acceptors (Lipinski definition) is 3. The quantitative estimate of drug-likeness (QED) is 0.773. The van der Waals surface area contributed by atoms with Crippen LogP contribution in [0, 0.1) is 11.8 Å². The van der Waals surface area contributed by atoms with Crippen LogP contribution < -0.4 is 4.84 Å². The molecule has 0 radical (unpaired) electrons. The van der Waals surface area contributed by atoms with Crippen LogP contribution in [0.4, 0.5) is 0 Å². The second kappa shape index (κ2) is 5.08. The normalized spacial score (nSPS) is 29.2. The van der Waals surface area contributed by atoms with E-state index in [9.17, 15) is 0 Å². The summed E-state index contributed by atoms with van der Waals surface area (Å²) in [7, 11) is 0. The molecular formula is C13H21N3O. The van der Waals surface area contributed by atoms with Crippen molar-refractivity contribution in [2.24, 2.45) is 11.8 Å². The number of aromatic nitrogens is 2. The molecule has 2 aliphatic rings. The lowest BCUT2D eigenvalue weighted by atomic mass is 9.74. The first-order valence-electron chi connectivity index (χ1n) is 6.77. The van der Waals surface area contributed by atoms with Crippen molar-refractivity contribution < 1.29 is 4.84 Å². The van der Waals surface area contributed by atoms with Gasteiger partial charge in [0, 0.05) is 6.54 Å². The lowest BCUT2D eigenvalue weighted by molar-refractivity contribution is -0.00200. The zero-order valence-electron chi connectivity index (χ0n) is 10.3. The Bertz CT molecular complexity index is 332. The van der Waals surface area contributed by atoms with E-state index < -0.39 is 0 Å². The number of hydrogen-bond donors (Lipinski definition) is 0. The van der Waals surface area contributed by atoms with Gasteiger partial charge in [-0.05, 0) is 56.7 Å². The summed E-state index contributed by atoms with van der Waals surface area (Å²) in [6.07, 6.45) is 9.09. The van der Waals surface area contributed by atoms with Crippen molar-refractivity contribution in [3.05, 3.63) is 18.5 Å². The van der Waals surface area contributed by atoms with Gasteiger partial charge in [-0.15, -0.1) is 9.94 Å². The van der Waals surface area contributed by atoms with Gasteiger partial charge < -0.3 is 9.74 Å². The van der Waals surface area contributed by atoms with Gasteiger partial charge in [-0.25, -0.2) is 0 Å². The SMILES string of the molecule is c1cnn(OC[C@@H]2CC[C@@H]2CN2CCCC2)c1. The molecule has 0 amide bonds. The molecule has 4 nitrogen and oxygen atoms in total. The summed E-state index contributed by atoms with van der Waals surface area (Å²) >= 11 is 0. The molecule has 0 spiro atoms. The molecule has 2 heterocycles. The standard InChI is InChI=1S/C13H21N3O/c1-2-8-15(7-1)10-12-4-5-13(12)11-17-16-9-3-6-14-16/h3,6,9,12-13H,1-2,4-5,7-8,10-11H2/t12-,13+/m1/s1. The van der Waals surface area contributed by atoms with Crippen LogP contribution in [0.25, 0.3) is 0 Å². The van der Waals surface area contributed by atoms with Crippen LogP contribution in [-0.2, 0) is 0 Å². The zero-order valence-corrected chi connectivity index (χ0v) is 10.3. The van der Waals surface area contributed by atoms with E-state index in [2.05, 4.69) is 10.00 Å². The average molecular weight is 235 g/mol. The van der Waals surface area contributed by atoms with Crippen LogP contribution in [-0.4, -0.2) is 41.1 Å². The highest BCUT2D eigenvalue weighted by molar-refractivity contribution is 4.84. The van der Waals surface area contributed by atoms with E-state index in [1.807, 2.05) is 12.3 Å². The molecule has 0 unspecified atom stereocenters. The minimum atomic E-state index is 0.736. The maximum atomic E-state index is 5.63. The predicted octanol–water partition coefficient (Wildman–Crippen LogP) is 1.43. The van der Waals surface area contributed by atoms with Crippen LogP contribution >= 0.6 is 0 Å². The lowest BCUT2D eigenvalue weighted by Gasteiger charge is -2.38. The molecule has 1 saturated carbocycles. The van der Waals surface area contributed by atoms with Gasteiger partial charge >= 0.3 is 0 Å². The smallest absolute Gasteiger partial charge is 0.120 e. The highest BCUT2D eigenvalue weighted by Gasteiger charge is 2.33. The molecule has 0 N–H and O–H groups in total. The monoisotopic (exact) mass is 235 g/mol. The third kappa shape index (κ3) is 2.63. The zero-order chi connectivity index (χ0) is 11.5. The second-order valence-electron chi connectivity index (χ2n) is 5.31. The minimum absolute atomic E-state index is 0.736. The van der Waals surface area contributed by atoms with Crippen LogP contribution in [0.15, 0.2) is 18.5 Å². The van der Waals surface area contributed by atoms with Crippen molar-refractivity contribution in [2.75, 3.05) is 26.2 Å². The molecule has 0 bridgehead atoms. The van der Waals surface area contributed by atoms with Crippen LogP contribution in [0.5, 0.6) is 0 Å². The molecule has 1 aromatic heterocycles. The Labute approximate surface area is 103 Å². The molecule has 0 aromatic carbocycles. The van der Waals surface area contributed by atoms with Crippen molar-refractivity contribution in [3.63, 3.8) is 0 Å². The summed E-state index contributed by atoms with van der Waals surface area (Å²) < 4.78 is 0. The van der Waals surface area contributed by atoms with Crippen molar-refractivity contribution in [2.45, 2.75) is 25.7 Å². The second-order valence-corrected chi connectivity index (χ2v) is 5.31. The Morgan fingerprint density at radius 3 is 2.65 bits per heavy atom. The van der Waals surface area contributed by atoms with E-state index in [-0.39, 0.29) is 0 Å². The van der Waals surface area contributed by atoms with Crippen LogP contribution in [0.2, 0.25) is 0 Å². The molecule has 1 aliphatic carbocycles. The first-order valence-corrected chi connectivity index (χ1v) is 6.77. The van der Waals surface area contributed by atoms with Gasteiger partial charge in [0.25, 0.3) is 0 Å². The maximum absolute atomic E-state index is 5.63. The Morgan fingerprint density at radius 2 is 2.00 bits per heavy atom. The topological polar surface area (TPSA) is 30.3 Å². The fourth-order valence-electron chi connectivity index (χ4n) is 2.90. The van der Waals surface area contributed by atoms with E-state index in [1.54, 1.807) is 11.0 Å². The van der Waals surface area contributed by atoms with E-state index in [1.165, 1.54) is 45.3 Å². The van der Waals surface area contributed by atoms with Gasteiger partial charge in [0.05, 0.1) is 12.4 Å². The molecule has 1 aliphatic heterocycles. The number of likely N-dealkylation sites (tertiary alicyclic amines) is 1. The van der Waals surface area contributed by atoms with Gasteiger partial charge in [-0.3, -0.25) is 0 Å². The minimum Gasteiger partial charge on any atom is -0.396 e. The number of nitrogens with zero attached hydrogens (tertiary/aromatic N) is 3. The molecule has 4 heteroatoms. The Balaban J connectivity index is 1.41. The van der Waals surface area contributed by atoms with Crippen LogP contribution in [0.1, 0.15) is 25.7 Å². The van der Waals surface area contributed by atoms with Crippen LogP contribution in [0.3, 0.4) is 0 Å². The van der Waals surface area contributed by atoms with Crippen molar-refractivity contribution in [1.82, 2.24) is 14.8 Å². The largest absolute Gasteiger partial charge is 0.396 e. The fraction of sp³-hybridized carbons (Fsp3) is 0.769. The van der Waals surface area contributed by atoms with Gasteiger partial charge in [-0.1, -0.05) is 0 Å². The molecule has 2 atom stereocenters. The molecule has 3 rings (SSSR count). The first kappa shape index (κ1) is 11.1. The molecular weight excluding hydrogens is 214 g/mol. The van der Waals surface area contributed by atoms with Gasteiger partial charge in [-0.2, -0.15) is 0 Å². The Morgan fingerprint density at radius 1 is 1.18 bits per heavy atom. The van der Waals surface area contributed by atoms with Gasteiger partial charge in [0.2, 0.25) is 0 Å². The van der Waals surface area contributed by atoms with E-state index >= 15 is 0 Å². The van der Waals surface area contributed by atoms with Crippen molar-refractivity contribution in [1.29, 1.82) is 0 Å². The summed E-state index contributed by atoms with van der Waals surface area (Å²) in [6, 6.07) is 1.89. The summed E-state index contributed by atoms with van der Waals surface area (Å²) in [4.78, 5) is 9.82. The average Bonchev–Trinajstić information content (AvgIpc) is 2.97.